The smallest absolute Gasteiger partial charge is 0.307 e. The summed E-state index contributed by atoms with van der Waals surface area (Å²) in [7, 11) is 1.66. The highest BCUT2D eigenvalue weighted by Crippen LogP contribution is 2.08. The second-order valence-corrected chi connectivity index (χ2v) is 4.57. The van der Waals surface area contributed by atoms with Gasteiger partial charge >= 0.3 is 5.69 Å². The van der Waals surface area contributed by atoms with Crippen LogP contribution in [0.1, 0.15) is 12.6 Å². The van der Waals surface area contributed by atoms with E-state index in [1.54, 1.807) is 11.7 Å². The molecule has 0 aliphatic rings. The Morgan fingerprint density at radius 2 is 2.24 bits per heavy atom. The number of likely N-dealkylation sites (N-methyl/N-ethyl adjacent to an activating group) is 1. The van der Waals surface area contributed by atoms with Crippen molar-refractivity contribution in [3.8, 4) is 0 Å². The van der Waals surface area contributed by atoms with Gasteiger partial charge in [0.1, 0.15) is 18.9 Å². The predicted octanol–water partition coefficient (Wildman–Crippen LogP) is 0.666. The number of aryl methyl sites for hydroxylation is 1. The molecule has 0 N–H and O–H groups in total. The lowest BCUT2D eigenvalue weighted by atomic mass is 10.4. The van der Waals surface area contributed by atoms with Crippen molar-refractivity contribution in [2.24, 2.45) is 0 Å². The fourth-order valence-electron chi connectivity index (χ4n) is 1.79. The highest BCUT2D eigenvalue weighted by atomic mass is 16.6. The number of carbonyl (C=O) groups is 1. The van der Waals surface area contributed by atoms with Crippen molar-refractivity contribution in [2.45, 2.75) is 26.6 Å². The maximum Gasteiger partial charge on any atom is 0.307 e. The summed E-state index contributed by atoms with van der Waals surface area (Å²) in [5.41, 5.74) is 0.659. The van der Waals surface area contributed by atoms with Gasteiger partial charge in [-0.15, -0.1) is 0 Å². The molecule has 0 spiro atoms. The molecule has 112 valence electrons. The zero-order valence-corrected chi connectivity index (χ0v) is 11.8. The molecule has 0 bridgehead atoms. The van der Waals surface area contributed by atoms with E-state index < -0.39 is 4.92 Å². The molecule has 0 atom stereocenters. The van der Waals surface area contributed by atoms with Crippen LogP contribution in [-0.2, 0) is 24.4 Å². The van der Waals surface area contributed by atoms with Crippen molar-refractivity contribution < 1.29 is 9.72 Å². The van der Waals surface area contributed by atoms with E-state index in [2.05, 4.69) is 10.2 Å². The number of hydrogen-bond donors (Lipinski definition) is 0. The van der Waals surface area contributed by atoms with Crippen molar-refractivity contribution >= 4 is 11.6 Å². The fourth-order valence-corrected chi connectivity index (χ4v) is 1.79. The van der Waals surface area contributed by atoms with E-state index in [0.29, 0.717) is 6.54 Å². The zero-order chi connectivity index (χ0) is 15.4. The van der Waals surface area contributed by atoms with Crippen LogP contribution in [0.15, 0.2) is 24.7 Å². The molecule has 21 heavy (non-hydrogen) atoms. The van der Waals surface area contributed by atoms with Crippen LogP contribution in [0.4, 0.5) is 5.69 Å². The average molecular weight is 292 g/mol. The van der Waals surface area contributed by atoms with Gasteiger partial charge in [0.15, 0.2) is 0 Å². The average Bonchev–Trinajstić information content (AvgIpc) is 3.07. The molecule has 0 aliphatic carbocycles. The van der Waals surface area contributed by atoms with Crippen LogP contribution in [0.25, 0.3) is 0 Å². The van der Waals surface area contributed by atoms with Crippen molar-refractivity contribution in [1.82, 2.24) is 24.5 Å². The topological polar surface area (TPSA) is 99.1 Å². The quantitative estimate of drug-likeness (QED) is 0.575. The zero-order valence-electron chi connectivity index (χ0n) is 11.8. The summed E-state index contributed by atoms with van der Waals surface area (Å²) >= 11 is 0. The molecule has 0 saturated carbocycles. The van der Waals surface area contributed by atoms with Crippen molar-refractivity contribution in [1.29, 1.82) is 0 Å². The van der Waals surface area contributed by atoms with Crippen LogP contribution in [0, 0.1) is 10.1 Å². The molecule has 1 amide bonds. The number of amides is 1. The largest absolute Gasteiger partial charge is 0.338 e. The first-order valence-electron chi connectivity index (χ1n) is 6.42. The van der Waals surface area contributed by atoms with Crippen LogP contribution in [0.2, 0.25) is 0 Å². The number of rotatable bonds is 6. The van der Waals surface area contributed by atoms with E-state index in [0.717, 1.165) is 18.4 Å². The number of nitrogens with zero attached hydrogens (tertiary/aromatic N) is 6. The van der Waals surface area contributed by atoms with Gasteiger partial charge in [-0.05, 0) is 13.0 Å². The highest BCUT2D eigenvalue weighted by molar-refractivity contribution is 5.75. The van der Waals surface area contributed by atoms with Gasteiger partial charge in [-0.1, -0.05) is 0 Å². The Hall–Kier alpha value is -2.71. The summed E-state index contributed by atoms with van der Waals surface area (Å²) < 4.78 is 3.03. The lowest BCUT2D eigenvalue weighted by Gasteiger charge is -2.15. The van der Waals surface area contributed by atoms with Crippen LogP contribution >= 0.6 is 0 Å². The predicted molar refractivity (Wildman–Crippen MR) is 73.3 cm³/mol. The minimum atomic E-state index is -0.547. The van der Waals surface area contributed by atoms with E-state index >= 15 is 0 Å². The van der Waals surface area contributed by atoms with E-state index in [1.807, 2.05) is 19.2 Å². The summed E-state index contributed by atoms with van der Waals surface area (Å²) in [6.07, 6.45) is 4.21. The van der Waals surface area contributed by atoms with Crippen LogP contribution in [0.3, 0.4) is 0 Å². The standard InChI is InChI=1S/C12H16N6O3/c1-3-16-5-4-10(14-16)7-15(2)12(19)9-17-8-11(6-13-17)18(20)21/h4-6,8H,3,7,9H2,1-2H3. The van der Waals surface area contributed by atoms with Gasteiger partial charge in [0.05, 0.1) is 17.2 Å². The molecule has 9 nitrogen and oxygen atoms in total. The maximum atomic E-state index is 12.0. The summed E-state index contributed by atoms with van der Waals surface area (Å²) in [6.45, 7) is 3.10. The van der Waals surface area contributed by atoms with E-state index in [1.165, 1.54) is 15.8 Å². The molecular weight excluding hydrogens is 276 g/mol. The molecule has 0 radical (unpaired) electrons. The molecule has 0 fully saturated rings. The van der Waals surface area contributed by atoms with Crippen molar-refractivity contribution in [2.75, 3.05) is 7.05 Å². The Morgan fingerprint density at radius 1 is 1.48 bits per heavy atom. The molecule has 2 rings (SSSR count). The second-order valence-electron chi connectivity index (χ2n) is 4.57. The van der Waals surface area contributed by atoms with Gasteiger partial charge in [-0.3, -0.25) is 24.3 Å². The van der Waals surface area contributed by atoms with Gasteiger partial charge in [-0.25, -0.2) is 0 Å². The fraction of sp³-hybridized carbons (Fsp3) is 0.417. The first-order valence-corrected chi connectivity index (χ1v) is 6.42. The Kier molecular flexibility index (Phi) is 4.31. The van der Waals surface area contributed by atoms with Crippen molar-refractivity contribution in [3.05, 3.63) is 40.5 Å². The van der Waals surface area contributed by atoms with Crippen molar-refractivity contribution in [3.63, 3.8) is 0 Å². The molecule has 2 heterocycles. The lowest BCUT2D eigenvalue weighted by molar-refractivity contribution is -0.385. The molecule has 2 aromatic heterocycles. The molecular formula is C12H16N6O3. The minimum absolute atomic E-state index is 0.0428. The Morgan fingerprint density at radius 3 is 2.81 bits per heavy atom. The lowest BCUT2D eigenvalue weighted by Crippen LogP contribution is -2.30. The first-order chi connectivity index (χ1) is 9.99. The maximum absolute atomic E-state index is 12.0. The number of hydrogen-bond acceptors (Lipinski definition) is 5. The number of carbonyl (C=O) groups excluding carboxylic acids is 1. The number of nitro groups is 1. The SMILES string of the molecule is CCn1ccc(CN(C)C(=O)Cn2cc([N+](=O)[O-])cn2)n1. The Labute approximate surface area is 120 Å². The molecule has 9 heteroatoms. The third-order valence-corrected chi connectivity index (χ3v) is 2.97. The Bertz CT molecular complexity index is 647. The monoisotopic (exact) mass is 292 g/mol. The number of aromatic nitrogens is 4. The highest BCUT2D eigenvalue weighted by Gasteiger charge is 2.14. The van der Waals surface area contributed by atoms with Gasteiger partial charge in [0.25, 0.3) is 0 Å². The van der Waals surface area contributed by atoms with Gasteiger partial charge in [0, 0.05) is 19.8 Å². The summed E-state index contributed by atoms with van der Waals surface area (Å²) in [5, 5.41) is 18.6. The third kappa shape index (κ3) is 3.65. The molecule has 0 saturated heterocycles. The summed E-state index contributed by atoms with van der Waals surface area (Å²) in [5.74, 6) is -0.195. The van der Waals surface area contributed by atoms with Gasteiger partial charge in [-0.2, -0.15) is 10.2 Å². The van der Waals surface area contributed by atoms with Crippen LogP contribution < -0.4 is 0 Å². The summed E-state index contributed by atoms with van der Waals surface area (Å²) in [6, 6.07) is 1.85. The Balaban J connectivity index is 1.93. The van der Waals surface area contributed by atoms with E-state index in [-0.39, 0.29) is 18.1 Å². The van der Waals surface area contributed by atoms with Gasteiger partial charge < -0.3 is 4.90 Å². The molecule has 0 aromatic carbocycles. The van der Waals surface area contributed by atoms with E-state index in [4.69, 9.17) is 0 Å². The second kappa shape index (κ2) is 6.16. The minimum Gasteiger partial charge on any atom is -0.338 e. The summed E-state index contributed by atoms with van der Waals surface area (Å²) in [4.78, 5) is 23.5. The first kappa shape index (κ1) is 14.7. The molecule has 2 aromatic rings. The van der Waals surface area contributed by atoms with E-state index in [9.17, 15) is 14.9 Å². The van der Waals surface area contributed by atoms with Crippen LogP contribution in [-0.4, -0.2) is 42.3 Å². The molecule has 0 aliphatic heterocycles. The van der Waals surface area contributed by atoms with Crippen LogP contribution in [0.5, 0.6) is 0 Å². The third-order valence-electron chi connectivity index (χ3n) is 2.97. The van der Waals surface area contributed by atoms with Gasteiger partial charge in [0.2, 0.25) is 5.91 Å². The molecule has 0 unspecified atom stereocenters. The normalized spacial score (nSPS) is 10.6.